The first-order valence-corrected chi connectivity index (χ1v) is 5.48. The van der Waals surface area contributed by atoms with Gasteiger partial charge in [-0.3, -0.25) is 0 Å². The molecule has 0 N–H and O–H groups in total. The number of hydrogen-bond donors (Lipinski definition) is 0. The average molecular weight is 266 g/mol. The Morgan fingerprint density at radius 3 is 1.47 bits per heavy atom. The lowest BCUT2D eigenvalue weighted by molar-refractivity contribution is -0.930. The lowest BCUT2D eigenvalue weighted by atomic mass is 10.1. The van der Waals surface area contributed by atoms with Crippen molar-refractivity contribution in [3.8, 4) is 0 Å². The number of hydrogen-bond acceptors (Lipinski definition) is 0. The Bertz CT molecular complexity index is 225. The quantitative estimate of drug-likeness (QED) is 0.510. The van der Waals surface area contributed by atoms with Crippen molar-refractivity contribution in [2.24, 2.45) is 0 Å². The van der Waals surface area contributed by atoms with E-state index in [1.165, 1.54) is 0 Å². The number of alkyl halides is 6. The maximum Gasteiger partial charge on any atom is 0.425 e. The van der Waals surface area contributed by atoms with Gasteiger partial charge < -0.3 is 4.48 Å². The highest BCUT2D eigenvalue weighted by Crippen LogP contribution is 2.36. The van der Waals surface area contributed by atoms with Crippen molar-refractivity contribution in [3.05, 3.63) is 0 Å². The van der Waals surface area contributed by atoms with Gasteiger partial charge in [-0.1, -0.05) is 0 Å². The van der Waals surface area contributed by atoms with Crippen molar-refractivity contribution < 1.29 is 30.8 Å². The van der Waals surface area contributed by atoms with Crippen LogP contribution in [0.25, 0.3) is 0 Å². The Kier molecular flexibility index (Phi) is 5.31. The maximum absolute atomic E-state index is 13.3. The van der Waals surface area contributed by atoms with Gasteiger partial charge in [0.1, 0.15) is 6.54 Å². The molecule has 0 radical (unpaired) electrons. The molecule has 0 aromatic heterocycles. The molecule has 0 aromatic carbocycles. The highest BCUT2D eigenvalue weighted by molar-refractivity contribution is 4.83. The lowest BCUT2D eigenvalue weighted by Crippen LogP contribution is -2.58. The standard InChI is InChI=1S/C10H18F6N/c1-4-17(5-2,6-3)7-9(12,13)8(11)10(14,15)16/h8H,4-7H2,1-3H3/q+1/t8-/m0/s1. The molecule has 0 saturated carbocycles. The molecule has 1 atom stereocenters. The monoisotopic (exact) mass is 266 g/mol. The fourth-order valence-electron chi connectivity index (χ4n) is 1.77. The van der Waals surface area contributed by atoms with Gasteiger partial charge in [0.25, 0.3) is 6.17 Å². The number of nitrogens with zero attached hydrogens (tertiary/aromatic N) is 1. The van der Waals surface area contributed by atoms with E-state index >= 15 is 0 Å². The van der Waals surface area contributed by atoms with Crippen LogP contribution in [0.3, 0.4) is 0 Å². The summed E-state index contributed by atoms with van der Waals surface area (Å²) in [4.78, 5) is 0. The maximum atomic E-state index is 13.3. The second kappa shape index (κ2) is 5.46. The third-order valence-electron chi connectivity index (χ3n) is 3.22. The van der Waals surface area contributed by atoms with Crippen LogP contribution in [-0.2, 0) is 0 Å². The van der Waals surface area contributed by atoms with E-state index in [1.807, 2.05) is 0 Å². The largest absolute Gasteiger partial charge is 0.425 e. The van der Waals surface area contributed by atoms with E-state index in [4.69, 9.17) is 0 Å². The van der Waals surface area contributed by atoms with E-state index in [0.717, 1.165) is 0 Å². The Balaban J connectivity index is 4.96. The minimum atomic E-state index is -5.52. The predicted octanol–water partition coefficient (Wildman–Crippen LogP) is 3.40. The van der Waals surface area contributed by atoms with E-state index < -0.39 is 24.8 Å². The second-order valence-corrected chi connectivity index (χ2v) is 4.11. The van der Waals surface area contributed by atoms with Crippen LogP contribution < -0.4 is 0 Å². The molecular weight excluding hydrogens is 248 g/mol. The van der Waals surface area contributed by atoms with Gasteiger partial charge in [0, 0.05) is 0 Å². The van der Waals surface area contributed by atoms with Crippen LogP contribution in [0, 0.1) is 0 Å². The van der Waals surface area contributed by atoms with Crippen LogP contribution in [0.1, 0.15) is 20.8 Å². The molecular formula is C10H18F6N+. The van der Waals surface area contributed by atoms with E-state index in [1.54, 1.807) is 20.8 Å². The summed E-state index contributed by atoms with van der Waals surface area (Å²) < 4.78 is 74.9. The van der Waals surface area contributed by atoms with E-state index in [-0.39, 0.29) is 24.1 Å². The summed E-state index contributed by atoms with van der Waals surface area (Å²) in [5, 5.41) is 0. The highest BCUT2D eigenvalue weighted by Gasteiger charge is 2.59. The van der Waals surface area contributed by atoms with E-state index in [0.29, 0.717) is 0 Å². The van der Waals surface area contributed by atoms with Crippen LogP contribution >= 0.6 is 0 Å². The van der Waals surface area contributed by atoms with Gasteiger partial charge in [-0.15, -0.1) is 0 Å². The molecule has 0 heterocycles. The minimum absolute atomic E-state index is 0.233. The minimum Gasteiger partial charge on any atom is -0.319 e. The molecule has 0 spiro atoms. The van der Waals surface area contributed by atoms with Crippen LogP contribution in [0.4, 0.5) is 26.3 Å². The summed E-state index contributed by atoms with van der Waals surface area (Å²) >= 11 is 0. The molecule has 0 aliphatic carbocycles. The molecule has 0 amide bonds. The molecule has 0 saturated heterocycles. The van der Waals surface area contributed by atoms with Gasteiger partial charge in [0.15, 0.2) is 0 Å². The van der Waals surface area contributed by atoms with Crippen molar-refractivity contribution in [2.45, 2.75) is 39.0 Å². The third-order valence-corrected chi connectivity index (χ3v) is 3.22. The fourth-order valence-corrected chi connectivity index (χ4v) is 1.77. The van der Waals surface area contributed by atoms with Gasteiger partial charge in [0.05, 0.1) is 19.6 Å². The zero-order valence-corrected chi connectivity index (χ0v) is 10.1. The van der Waals surface area contributed by atoms with Crippen molar-refractivity contribution in [2.75, 3.05) is 26.2 Å². The van der Waals surface area contributed by atoms with Crippen LogP contribution in [0.2, 0.25) is 0 Å². The van der Waals surface area contributed by atoms with Crippen molar-refractivity contribution in [1.82, 2.24) is 0 Å². The summed E-state index contributed by atoms with van der Waals surface area (Å²) in [6.45, 7) is 4.41. The van der Waals surface area contributed by atoms with Crippen molar-refractivity contribution in [3.63, 3.8) is 0 Å². The Morgan fingerprint density at radius 1 is 0.882 bits per heavy atom. The molecule has 0 bridgehead atoms. The van der Waals surface area contributed by atoms with Gasteiger partial charge >= 0.3 is 12.1 Å². The zero-order valence-electron chi connectivity index (χ0n) is 10.1. The summed E-state index contributed by atoms with van der Waals surface area (Å²) in [5.41, 5.74) is 0. The topological polar surface area (TPSA) is 0 Å². The molecule has 0 fully saturated rings. The molecule has 7 heteroatoms. The van der Waals surface area contributed by atoms with Gasteiger partial charge in [-0.25, -0.2) is 4.39 Å². The highest BCUT2D eigenvalue weighted by atomic mass is 19.4. The zero-order chi connectivity index (χ0) is 13.9. The molecule has 0 unspecified atom stereocenters. The number of halogens is 6. The van der Waals surface area contributed by atoms with Crippen LogP contribution in [0.15, 0.2) is 0 Å². The summed E-state index contributed by atoms with van der Waals surface area (Å²) in [6.07, 6.45) is -9.62. The summed E-state index contributed by atoms with van der Waals surface area (Å²) in [7, 11) is 0. The van der Waals surface area contributed by atoms with Gasteiger partial charge in [0.2, 0.25) is 0 Å². The third kappa shape index (κ3) is 4.04. The first-order valence-electron chi connectivity index (χ1n) is 5.48. The Morgan fingerprint density at radius 2 is 1.24 bits per heavy atom. The second-order valence-electron chi connectivity index (χ2n) is 4.11. The van der Waals surface area contributed by atoms with E-state index in [2.05, 4.69) is 0 Å². The molecule has 0 aromatic rings. The summed E-state index contributed by atoms with van der Waals surface area (Å²) in [5.74, 6) is -4.39. The first-order chi connectivity index (χ1) is 7.54. The Hall–Kier alpha value is -0.460. The molecule has 17 heavy (non-hydrogen) atoms. The molecule has 1 nitrogen and oxygen atoms in total. The first kappa shape index (κ1) is 16.5. The predicted molar refractivity (Wildman–Crippen MR) is 52.6 cm³/mol. The number of quaternary nitrogens is 1. The molecule has 0 aliphatic heterocycles. The van der Waals surface area contributed by atoms with Gasteiger partial charge in [-0.05, 0) is 20.8 Å². The fraction of sp³-hybridized carbons (Fsp3) is 1.00. The number of rotatable bonds is 6. The summed E-state index contributed by atoms with van der Waals surface area (Å²) in [6, 6.07) is 0. The van der Waals surface area contributed by atoms with E-state index in [9.17, 15) is 26.3 Å². The smallest absolute Gasteiger partial charge is 0.319 e. The average Bonchev–Trinajstić information content (AvgIpc) is 2.24. The normalized spacial score (nSPS) is 16.1. The molecule has 0 aliphatic rings. The van der Waals surface area contributed by atoms with Gasteiger partial charge in [-0.2, -0.15) is 22.0 Å². The molecule has 0 rings (SSSR count). The lowest BCUT2D eigenvalue weighted by Gasteiger charge is -2.39. The SMILES string of the molecule is CC[N+](CC)(CC)CC(F)(F)[C@H](F)C(F)(F)F. The van der Waals surface area contributed by atoms with Crippen molar-refractivity contribution >= 4 is 0 Å². The molecule has 104 valence electrons. The Labute approximate surface area is 97.0 Å². The van der Waals surface area contributed by atoms with Crippen LogP contribution in [0.5, 0.6) is 0 Å². The van der Waals surface area contributed by atoms with Crippen LogP contribution in [-0.4, -0.2) is 48.9 Å². The van der Waals surface area contributed by atoms with Crippen molar-refractivity contribution in [1.29, 1.82) is 0 Å².